The molecule has 0 unspecified atom stereocenters. The molecule has 3 aromatic rings. The van der Waals surface area contributed by atoms with E-state index in [2.05, 4.69) is 10.2 Å². The van der Waals surface area contributed by atoms with Gasteiger partial charge in [0, 0.05) is 6.54 Å². The summed E-state index contributed by atoms with van der Waals surface area (Å²) in [5, 5.41) is 3.31. The molecule has 0 spiro atoms. The van der Waals surface area contributed by atoms with Crippen LogP contribution in [-0.2, 0) is 10.2 Å². The molecule has 0 bridgehead atoms. The number of nitrogens with one attached hydrogen (secondary N) is 1. The average Bonchev–Trinajstić information content (AvgIpc) is 3.35. The molecular weight excluding hydrogens is 418 g/mol. The Balaban J connectivity index is 1.74. The summed E-state index contributed by atoms with van der Waals surface area (Å²) in [5.41, 5.74) is 1.34. The highest BCUT2D eigenvalue weighted by Gasteiger charge is 2.41. The summed E-state index contributed by atoms with van der Waals surface area (Å²) in [6.07, 6.45) is 2.78. The van der Waals surface area contributed by atoms with Crippen molar-refractivity contribution in [3.8, 4) is 0 Å². The lowest BCUT2D eigenvalue weighted by Crippen LogP contribution is -2.48. The van der Waals surface area contributed by atoms with E-state index in [1.54, 1.807) is 24.3 Å². The van der Waals surface area contributed by atoms with Crippen LogP contribution in [-0.4, -0.2) is 30.4 Å². The number of amides is 1. The van der Waals surface area contributed by atoms with Gasteiger partial charge >= 0.3 is 0 Å². The Hall–Kier alpha value is -3.05. The van der Waals surface area contributed by atoms with Crippen LogP contribution in [0.3, 0.4) is 0 Å². The quantitative estimate of drug-likeness (QED) is 0.486. The minimum atomic E-state index is -1.07. The largest absolute Gasteiger partial charge is 0.347 e. The van der Waals surface area contributed by atoms with E-state index in [-0.39, 0.29) is 23.6 Å². The minimum absolute atomic E-state index is 0.170. The molecule has 0 radical (unpaired) electrons. The Labute approximate surface area is 194 Å². The van der Waals surface area contributed by atoms with E-state index in [0.29, 0.717) is 17.5 Å². The normalized spacial score (nSPS) is 15.4. The third-order valence-corrected chi connectivity index (χ3v) is 6.74. The van der Waals surface area contributed by atoms with E-state index in [9.17, 15) is 13.6 Å². The monoisotopic (exact) mass is 448 g/mol. The molecule has 0 aromatic heterocycles. The summed E-state index contributed by atoms with van der Waals surface area (Å²) in [4.78, 5) is 16.5. The van der Waals surface area contributed by atoms with Crippen molar-refractivity contribution in [2.45, 2.75) is 37.6 Å². The molecule has 1 fully saturated rings. The van der Waals surface area contributed by atoms with Crippen LogP contribution in [0.4, 0.5) is 8.78 Å². The Morgan fingerprint density at radius 1 is 0.879 bits per heavy atom. The number of hydrogen-bond acceptors (Lipinski definition) is 2. The molecule has 0 aliphatic carbocycles. The fraction of sp³-hybridized carbons (Fsp3) is 0.321. The van der Waals surface area contributed by atoms with Crippen molar-refractivity contribution in [1.29, 1.82) is 0 Å². The molecule has 1 N–H and O–H groups in total. The number of rotatable bonds is 8. The van der Waals surface area contributed by atoms with Crippen LogP contribution in [0.5, 0.6) is 0 Å². The molecule has 1 aliphatic rings. The molecule has 1 saturated heterocycles. The zero-order valence-electron chi connectivity index (χ0n) is 18.9. The van der Waals surface area contributed by atoms with E-state index in [0.717, 1.165) is 25.2 Å². The molecule has 33 heavy (non-hydrogen) atoms. The van der Waals surface area contributed by atoms with E-state index in [1.165, 1.54) is 37.1 Å². The van der Waals surface area contributed by atoms with Crippen LogP contribution in [0.1, 0.15) is 48.9 Å². The topological polar surface area (TPSA) is 32.3 Å². The zero-order valence-corrected chi connectivity index (χ0v) is 18.9. The van der Waals surface area contributed by atoms with Crippen LogP contribution in [0.2, 0.25) is 0 Å². The van der Waals surface area contributed by atoms with Crippen LogP contribution in [0.15, 0.2) is 78.9 Å². The summed E-state index contributed by atoms with van der Waals surface area (Å²) in [6, 6.07) is 21.9. The Morgan fingerprint density at radius 3 is 1.88 bits per heavy atom. The Kier molecular flexibility index (Phi) is 7.19. The highest BCUT2D eigenvalue weighted by Crippen LogP contribution is 2.37. The number of carbonyl (C=O) groups is 1. The van der Waals surface area contributed by atoms with Gasteiger partial charge in [0.15, 0.2) is 0 Å². The summed E-state index contributed by atoms with van der Waals surface area (Å²) in [7, 11) is 0. The number of benzene rings is 3. The molecular formula is C28H30F2N2O. The standard InChI is InChI=1S/C28H30F2N2O/c1-2-28(22-10-14-24(29)15-11-22,23-12-16-25(30)17-13-23)27(33)31-26(20-32-18-6-7-19-32)21-8-4-3-5-9-21/h3-5,8-17,26H,2,6-7,18-20H2,1H3,(H,31,33)/t26-/m1/s1. The second kappa shape index (κ2) is 10.3. The first-order valence-corrected chi connectivity index (χ1v) is 11.6. The predicted molar refractivity (Wildman–Crippen MR) is 127 cm³/mol. The maximum atomic E-state index is 14.1. The molecule has 1 amide bonds. The van der Waals surface area contributed by atoms with Gasteiger partial charge in [-0.1, -0.05) is 61.5 Å². The van der Waals surface area contributed by atoms with Gasteiger partial charge in [-0.15, -0.1) is 0 Å². The van der Waals surface area contributed by atoms with Crippen LogP contribution in [0.25, 0.3) is 0 Å². The molecule has 172 valence electrons. The lowest BCUT2D eigenvalue weighted by atomic mass is 9.71. The van der Waals surface area contributed by atoms with E-state index >= 15 is 0 Å². The molecule has 3 nitrogen and oxygen atoms in total. The highest BCUT2D eigenvalue weighted by molar-refractivity contribution is 5.92. The molecule has 1 atom stereocenters. The summed E-state index contributed by atoms with van der Waals surface area (Å²) in [6.45, 7) is 4.70. The van der Waals surface area contributed by atoms with E-state index in [4.69, 9.17) is 0 Å². The van der Waals surface area contributed by atoms with Gasteiger partial charge in [0.05, 0.1) is 11.5 Å². The van der Waals surface area contributed by atoms with E-state index in [1.807, 2.05) is 37.3 Å². The fourth-order valence-corrected chi connectivity index (χ4v) is 4.89. The van der Waals surface area contributed by atoms with Gasteiger partial charge in [-0.2, -0.15) is 0 Å². The van der Waals surface area contributed by atoms with Gasteiger partial charge in [0.25, 0.3) is 0 Å². The number of likely N-dealkylation sites (tertiary alicyclic amines) is 1. The maximum Gasteiger partial charge on any atom is 0.235 e. The smallest absolute Gasteiger partial charge is 0.235 e. The summed E-state index contributed by atoms with van der Waals surface area (Å²) < 4.78 is 27.5. The van der Waals surface area contributed by atoms with Gasteiger partial charge in [-0.05, 0) is 73.3 Å². The van der Waals surface area contributed by atoms with E-state index < -0.39 is 5.41 Å². The van der Waals surface area contributed by atoms with Crippen LogP contribution >= 0.6 is 0 Å². The lowest BCUT2D eigenvalue weighted by molar-refractivity contribution is -0.126. The third kappa shape index (κ3) is 4.98. The third-order valence-electron chi connectivity index (χ3n) is 6.74. The number of carbonyl (C=O) groups excluding carboxylic acids is 1. The van der Waals surface area contributed by atoms with Crippen LogP contribution < -0.4 is 5.32 Å². The van der Waals surface area contributed by atoms with Crippen molar-refractivity contribution in [1.82, 2.24) is 10.2 Å². The van der Waals surface area contributed by atoms with Gasteiger partial charge in [-0.25, -0.2) is 8.78 Å². The summed E-state index contributed by atoms with van der Waals surface area (Å²) in [5.74, 6) is -0.893. The first kappa shape index (κ1) is 23.1. The summed E-state index contributed by atoms with van der Waals surface area (Å²) >= 11 is 0. The highest BCUT2D eigenvalue weighted by atomic mass is 19.1. The van der Waals surface area contributed by atoms with Crippen molar-refractivity contribution >= 4 is 5.91 Å². The lowest BCUT2D eigenvalue weighted by Gasteiger charge is -2.35. The number of halogens is 2. The number of nitrogens with zero attached hydrogens (tertiary/aromatic N) is 1. The van der Waals surface area contributed by atoms with Crippen molar-refractivity contribution in [2.75, 3.05) is 19.6 Å². The molecule has 1 aliphatic heterocycles. The predicted octanol–water partition coefficient (Wildman–Crippen LogP) is 5.61. The zero-order chi connectivity index (χ0) is 23.3. The Bertz CT molecular complexity index is 1000. The number of hydrogen-bond donors (Lipinski definition) is 1. The Morgan fingerprint density at radius 2 is 1.39 bits per heavy atom. The van der Waals surface area contributed by atoms with Crippen molar-refractivity contribution in [2.24, 2.45) is 0 Å². The second-order valence-corrected chi connectivity index (χ2v) is 8.72. The van der Waals surface area contributed by atoms with Gasteiger partial charge in [0.1, 0.15) is 11.6 Å². The SMILES string of the molecule is CCC(C(=O)N[C@H](CN1CCCC1)c1ccccc1)(c1ccc(F)cc1)c1ccc(F)cc1. The van der Waals surface area contributed by atoms with Crippen molar-refractivity contribution in [3.63, 3.8) is 0 Å². The molecule has 3 aromatic carbocycles. The second-order valence-electron chi connectivity index (χ2n) is 8.72. The first-order chi connectivity index (χ1) is 16.0. The molecule has 0 saturated carbocycles. The van der Waals surface area contributed by atoms with Gasteiger partial charge in [0.2, 0.25) is 5.91 Å². The first-order valence-electron chi connectivity index (χ1n) is 11.6. The van der Waals surface area contributed by atoms with Gasteiger partial charge in [-0.3, -0.25) is 4.79 Å². The van der Waals surface area contributed by atoms with Crippen LogP contribution in [0, 0.1) is 11.6 Å². The maximum absolute atomic E-state index is 14.1. The van der Waals surface area contributed by atoms with Crippen molar-refractivity contribution < 1.29 is 13.6 Å². The van der Waals surface area contributed by atoms with Gasteiger partial charge < -0.3 is 10.2 Å². The molecule has 4 rings (SSSR count). The molecule has 5 heteroatoms. The minimum Gasteiger partial charge on any atom is -0.347 e. The average molecular weight is 449 g/mol. The van der Waals surface area contributed by atoms with Crippen molar-refractivity contribution in [3.05, 3.63) is 107 Å². The fourth-order valence-electron chi connectivity index (χ4n) is 4.89. The molecule has 1 heterocycles.